The Morgan fingerprint density at radius 2 is 2.29 bits per heavy atom. The van der Waals surface area contributed by atoms with Crippen LogP contribution >= 0.6 is 23.4 Å². The molecule has 0 aliphatic heterocycles. The molecule has 0 aliphatic carbocycles. The molecule has 3 nitrogen and oxygen atoms in total. The molecular weight excluding hydrogens is 256 g/mol. The van der Waals surface area contributed by atoms with E-state index in [1.807, 2.05) is 6.92 Å². The number of carbonyl (C=O) groups is 1. The molecule has 0 heterocycles. The molecule has 94 valence electrons. The molecule has 0 radical (unpaired) electrons. The smallest absolute Gasteiger partial charge is 0.237 e. The van der Waals surface area contributed by atoms with E-state index < -0.39 is 0 Å². The minimum atomic E-state index is -0.0800. The molecule has 1 aromatic carbocycles. The first-order valence-corrected chi connectivity index (χ1v) is 6.94. The maximum Gasteiger partial charge on any atom is 0.237 e. The fourth-order valence-electron chi connectivity index (χ4n) is 1.24. The van der Waals surface area contributed by atoms with Crippen LogP contribution in [0.3, 0.4) is 0 Å². The van der Waals surface area contributed by atoms with Gasteiger partial charge in [0.25, 0.3) is 0 Å². The molecule has 0 saturated carbocycles. The van der Waals surface area contributed by atoms with Crippen LogP contribution in [-0.2, 0) is 4.79 Å². The Hall–Kier alpha value is -0.870. The third-order valence-electron chi connectivity index (χ3n) is 2.19. The number of hydrogen-bond donors (Lipinski definition) is 2. The lowest BCUT2D eigenvalue weighted by molar-refractivity contribution is -0.115. The fourth-order valence-corrected chi connectivity index (χ4v) is 2.27. The highest BCUT2D eigenvalue weighted by molar-refractivity contribution is 8.00. The monoisotopic (exact) mass is 272 g/mol. The molecule has 0 aliphatic rings. The Labute approximate surface area is 111 Å². The summed E-state index contributed by atoms with van der Waals surface area (Å²) in [6.07, 6.45) is 1.06. The van der Waals surface area contributed by atoms with Gasteiger partial charge in [-0.3, -0.25) is 4.79 Å². The first-order chi connectivity index (χ1) is 8.04. The number of rotatable bonds is 5. The van der Waals surface area contributed by atoms with Crippen LogP contribution in [0.5, 0.6) is 0 Å². The summed E-state index contributed by atoms with van der Waals surface area (Å²) in [6, 6.07) is 5.05. The van der Waals surface area contributed by atoms with E-state index in [0.29, 0.717) is 16.4 Å². The van der Waals surface area contributed by atoms with Gasteiger partial charge < -0.3 is 11.1 Å². The zero-order valence-electron chi connectivity index (χ0n) is 10.00. The molecular formula is C12H17ClN2OS. The van der Waals surface area contributed by atoms with Crippen LogP contribution in [0.4, 0.5) is 11.4 Å². The van der Waals surface area contributed by atoms with E-state index in [-0.39, 0.29) is 11.2 Å². The Kier molecular flexibility index (Phi) is 5.65. The van der Waals surface area contributed by atoms with Crippen molar-refractivity contribution >= 4 is 40.6 Å². The molecule has 0 bridgehead atoms. The van der Waals surface area contributed by atoms with Crippen molar-refractivity contribution in [1.82, 2.24) is 0 Å². The first-order valence-electron chi connectivity index (χ1n) is 5.52. The third-order valence-corrected chi connectivity index (χ3v) is 3.86. The second-order valence-electron chi connectivity index (χ2n) is 3.74. The van der Waals surface area contributed by atoms with Gasteiger partial charge in [-0.25, -0.2) is 0 Å². The lowest BCUT2D eigenvalue weighted by Crippen LogP contribution is -2.22. The van der Waals surface area contributed by atoms with Crippen LogP contribution in [0, 0.1) is 0 Å². The number of thioether (sulfide) groups is 1. The predicted molar refractivity (Wildman–Crippen MR) is 76.7 cm³/mol. The summed E-state index contributed by atoms with van der Waals surface area (Å²) in [5.41, 5.74) is 6.77. The van der Waals surface area contributed by atoms with Gasteiger partial charge in [0.2, 0.25) is 5.91 Å². The van der Waals surface area contributed by atoms with Crippen molar-refractivity contribution in [2.75, 3.05) is 16.8 Å². The van der Waals surface area contributed by atoms with Gasteiger partial charge in [-0.2, -0.15) is 0 Å². The highest BCUT2D eigenvalue weighted by atomic mass is 35.5. The summed E-state index contributed by atoms with van der Waals surface area (Å²) >= 11 is 7.61. The summed E-state index contributed by atoms with van der Waals surface area (Å²) in [7, 11) is 0. The lowest BCUT2D eigenvalue weighted by atomic mass is 10.2. The van der Waals surface area contributed by atoms with Gasteiger partial charge in [-0.05, 0) is 37.3 Å². The van der Waals surface area contributed by atoms with E-state index in [0.717, 1.165) is 12.2 Å². The van der Waals surface area contributed by atoms with E-state index in [1.54, 1.807) is 30.0 Å². The highest BCUT2D eigenvalue weighted by Gasteiger charge is 2.14. The van der Waals surface area contributed by atoms with Crippen LogP contribution in [0.25, 0.3) is 0 Å². The standard InChI is InChI=1S/C12H17ClN2OS/c1-3-6-17-8(2)12(16)15-11-5-4-9(14)7-10(11)13/h4-5,7-8H,3,6,14H2,1-2H3,(H,15,16). The molecule has 1 unspecified atom stereocenters. The molecule has 1 aromatic rings. The summed E-state index contributed by atoms with van der Waals surface area (Å²) in [5.74, 6) is 0.944. The minimum absolute atomic E-state index is 0.0323. The Balaban J connectivity index is 2.61. The van der Waals surface area contributed by atoms with Crippen molar-refractivity contribution in [1.29, 1.82) is 0 Å². The number of hydrogen-bond acceptors (Lipinski definition) is 3. The van der Waals surface area contributed by atoms with Crippen molar-refractivity contribution in [3.05, 3.63) is 23.2 Å². The Morgan fingerprint density at radius 1 is 1.59 bits per heavy atom. The van der Waals surface area contributed by atoms with Crippen molar-refractivity contribution in [2.24, 2.45) is 0 Å². The third kappa shape index (κ3) is 4.48. The average Bonchev–Trinajstić information content (AvgIpc) is 2.29. The van der Waals surface area contributed by atoms with Crippen LogP contribution in [0.1, 0.15) is 20.3 Å². The molecule has 0 fully saturated rings. The number of carbonyl (C=O) groups excluding carboxylic acids is 1. The van der Waals surface area contributed by atoms with Crippen LogP contribution in [-0.4, -0.2) is 16.9 Å². The maximum atomic E-state index is 11.8. The SMILES string of the molecule is CCCSC(C)C(=O)Nc1ccc(N)cc1Cl. The van der Waals surface area contributed by atoms with Gasteiger partial charge >= 0.3 is 0 Å². The maximum absolute atomic E-state index is 11.8. The summed E-state index contributed by atoms with van der Waals surface area (Å²) in [6.45, 7) is 3.98. The highest BCUT2D eigenvalue weighted by Crippen LogP contribution is 2.25. The van der Waals surface area contributed by atoms with Gasteiger partial charge in [-0.1, -0.05) is 18.5 Å². The Bertz CT molecular complexity index is 398. The van der Waals surface area contributed by atoms with Crippen molar-refractivity contribution < 1.29 is 4.79 Å². The molecule has 17 heavy (non-hydrogen) atoms. The zero-order chi connectivity index (χ0) is 12.8. The van der Waals surface area contributed by atoms with Crippen LogP contribution in [0.15, 0.2) is 18.2 Å². The molecule has 1 amide bonds. The second kappa shape index (κ2) is 6.77. The summed E-state index contributed by atoms with van der Waals surface area (Å²) < 4.78 is 0. The van der Waals surface area contributed by atoms with Crippen molar-refractivity contribution in [3.63, 3.8) is 0 Å². The zero-order valence-corrected chi connectivity index (χ0v) is 11.6. The number of nitrogens with one attached hydrogen (secondary N) is 1. The quantitative estimate of drug-likeness (QED) is 0.808. The summed E-state index contributed by atoms with van der Waals surface area (Å²) in [4.78, 5) is 11.8. The molecule has 0 spiro atoms. The van der Waals surface area contributed by atoms with Crippen molar-refractivity contribution in [2.45, 2.75) is 25.5 Å². The van der Waals surface area contributed by atoms with Crippen LogP contribution in [0.2, 0.25) is 5.02 Å². The molecule has 3 N–H and O–H groups in total. The number of benzene rings is 1. The molecule has 0 saturated heterocycles. The molecule has 0 aromatic heterocycles. The fraction of sp³-hybridized carbons (Fsp3) is 0.417. The number of halogens is 1. The van der Waals surface area contributed by atoms with Gasteiger partial charge in [0, 0.05) is 5.69 Å². The molecule has 5 heteroatoms. The van der Waals surface area contributed by atoms with Crippen LogP contribution < -0.4 is 11.1 Å². The van der Waals surface area contributed by atoms with E-state index in [9.17, 15) is 4.79 Å². The van der Waals surface area contributed by atoms with E-state index in [4.69, 9.17) is 17.3 Å². The largest absolute Gasteiger partial charge is 0.399 e. The number of nitrogens with two attached hydrogens (primary N) is 1. The molecule has 1 rings (SSSR count). The second-order valence-corrected chi connectivity index (χ2v) is 5.60. The van der Waals surface area contributed by atoms with E-state index >= 15 is 0 Å². The molecule has 1 atom stereocenters. The Morgan fingerprint density at radius 3 is 2.88 bits per heavy atom. The number of nitrogen functional groups attached to an aromatic ring is 1. The van der Waals surface area contributed by atoms with E-state index in [1.165, 1.54) is 0 Å². The lowest BCUT2D eigenvalue weighted by Gasteiger charge is -2.12. The number of amides is 1. The van der Waals surface area contributed by atoms with Gasteiger partial charge in [0.1, 0.15) is 0 Å². The summed E-state index contributed by atoms with van der Waals surface area (Å²) in [5, 5.41) is 3.18. The van der Waals surface area contributed by atoms with Gasteiger partial charge in [-0.15, -0.1) is 11.8 Å². The topological polar surface area (TPSA) is 55.1 Å². The van der Waals surface area contributed by atoms with Crippen molar-refractivity contribution in [3.8, 4) is 0 Å². The number of anilines is 2. The first kappa shape index (κ1) is 14.2. The normalized spacial score (nSPS) is 12.2. The van der Waals surface area contributed by atoms with Gasteiger partial charge in [0.05, 0.1) is 16.0 Å². The van der Waals surface area contributed by atoms with E-state index in [2.05, 4.69) is 12.2 Å². The predicted octanol–water partition coefficient (Wildman–Crippen LogP) is 3.39. The average molecular weight is 273 g/mol. The van der Waals surface area contributed by atoms with Gasteiger partial charge in [0.15, 0.2) is 0 Å². The minimum Gasteiger partial charge on any atom is -0.399 e.